The zero-order valence-corrected chi connectivity index (χ0v) is 12.6. The molecule has 4 nitrogen and oxygen atoms in total. The maximum absolute atomic E-state index is 9.98. The van der Waals surface area contributed by atoms with Gasteiger partial charge in [0.2, 0.25) is 0 Å². The minimum absolute atomic E-state index is 0.544. The second-order valence-corrected chi connectivity index (χ2v) is 6.07. The van der Waals surface area contributed by atoms with E-state index in [0.717, 1.165) is 17.9 Å². The van der Waals surface area contributed by atoms with Crippen LogP contribution in [0.1, 0.15) is 50.7 Å². The van der Waals surface area contributed by atoms with Crippen LogP contribution in [-0.2, 0) is 18.4 Å². The second kappa shape index (κ2) is 5.75. The van der Waals surface area contributed by atoms with Crippen molar-refractivity contribution >= 4 is 0 Å². The molecule has 0 atom stereocenters. The zero-order chi connectivity index (χ0) is 14.8. The Morgan fingerprint density at radius 3 is 2.70 bits per heavy atom. The molecule has 4 heteroatoms. The first-order valence-electron chi connectivity index (χ1n) is 6.97. The second-order valence-electron chi connectivity index (χ2n) is 6.07. The van der Waals surface area contributed by atoms with E-state index in [2.05, 4.69) is 23.8 Å². The molecule has 0 amide bonds. The molecular formula is C16H22N2O2. The van der Waals surface area contributed by atoms with Gasteiger partial charge in [0.05, 0.1) is 24.0 Å². The van der Waals surface area contributed by atoms with Crippen LogP contribution in [0.3, 0.4) is 0 Å². The smallest absolute Gasteiger partial charge is 0.200 e. The summed E-state index contributed by atoms with van der Waals surface area (Å²) in [6, 6.07) is 5.64. The summed E-state index contributed by atoms with van der Waals surface area (Å²) in [6.45, 7) is 7.75. The third-order valence-corrected chi connectivity index (χ3v) is 2.98. The van der Waals surface area contributed by atoms with Crippen LogP contribution in [0.25, 0.3) is 0 Å². The van der Waals surface area contributed by atoms with Crippen LogP contribution in [0.5, 0.6) is 0 Å². The number of aromatic nitrogens is 2. The summed E-state index contributed by atoms with van der Waals surface area (Å²) in [5, 5.41) is 9.98. The van der Waals surface area contributed by atoms with E-state index in [1.165, 1.54) is 0 Å². The Labute approximate surface area is 119 Å². The van der Waals surface area contributed by atoms with Crippen LogP contribution in [0.2, 0.25) is 0 Å². The minimum Gasteiger partial charge on any atom is -0.445 e. The standard InChI is InChI=1S/C16H22N2O2/c1-11(2)8-13-10-17-15(20-13)9-12-6-5-7-14(18-12)16(3,4)19/h5-7,10-11,19H,8-9H2,1-4H3. The van der Waals surface area contributed by atoms with E-state index in [0.29, 0.717) is 23.9 Å². The fourth-order valence-corrected chi connectivity index (χ4v) is 2.00. The summed E-state index contributed by atoms with van der Waals surface area (Å²) >= 11 is 0. The maximum atomic E-state index is 9.98. The SMILES string of the molecule is CC(C)Cc1cnc(Cc2cccc(C(C)(C)O)n2)o1. The van der Waals surface area contributed by atoms with Crippen molar-refractivity contribution in [2.75, 3.05) is 0 Å². The van der Waals surface area contributed by atoms with Gasteiger partial charge in [0, 0.05) is 6.42 Å². The fraction of sp³-hybridized carbons (Fsp3) is 0.500. The van der Waals surface area contributed by atoms with Gasteiger partial charge in [-0.05, 0) is 31.9 Å². The Bertz CT molecular complexity index is 568. The first-order chi connectivity index (χ1) is 9.34. The molecule has 2 rings (SSSR count). The van der Waals surface area contributed by atoms with Gasteiger partial charge in [0.1, 0.15) is 11.4 Å². The Hall–Kier alpha value is -1.68. The molecular weight excluding hydrogens is 252 g/mol. The largest absolute Gasteiger partial charge is 0.445 e. The number of hydrogen-bond donors (Lipinski definition) is 1. The number of hydrogen-bond acceptors (Lipinski definition) is 4. The topological polar surface area (TPSA) is 59.2 Å². The summed E-state index contributed by atoms with van der Waals surface area (Å²) in [5.41, 5.74) is 0.571. The van der Waals surface area contributed by atoms with Gasteiger partial charge >= 0.3 is 0 Å². The van der Waals surface area contributed by atoms with Gasteiger partial charge in [-0.25, -0.2) is 4.98 Å². The van der Waals surface area contributed by atoms with Crippen molar-refractivity contribution in [3.63, 3.8) is 0 Å². The summed E-state index contributed by atoms with van der Waals surface area (Å²) in [7, 11) is 0. The molecule has 0 unspecified atom stereocenters. The number of aliphatic hydroxyl groups is 1. The number of rotatable bonds is 5. The molecule has 2 heterocycles. The molecule has 0 aliphatic heterocycles. The van der Waals surface area contributed by atoms with Crippen molar-refractivity contribution < 1.29 is 9.52 Å². The average molecular weight is 274 g/mol. The molecule has 0 radical (unpaired) electrons. The van der Waals surface area contributed by atoms with Crippen molar-refractivity contribution in [2.24, 2.45) is 5.92 Å². The third kappa shape index (κ3) is 3.90. The highest BCUT2D eigenvalue weighted by Crippen LogP contribution is 2.18. The Morgan fingerprint density at radius 2 is 2.05 bits per heavy atom. The molecule has 0 bridgehead atoms. The number of oxazole rings is 1. The lowest BCUT2D eigenvalue weighted by Gasteiger charge is -2.16. The molecule has 0 saturated heterocycles. The van der Waals surface area contributed by atoms with E-state index in [9.17, 15) is 5.11 Å². The van der Waals surface area contributed by atoms with Crippen LogP contribution in [0.4, 0.5) is 0 Å². The molecule has 2 aromatic heterocycles. The van der Waals surface area contributed by atoms with Crippen LogP contribution >= 0.6 is 0 Å². The highest BCUT2D eigenvalue weighted by atomic mass is 16.4. The van der Waals surface area contributed by atoms with Gasteiger partial charge in [0.15, 0.2) is 5.89 Å². The van der Waals surface area contributed by atoms with E-state index in [1.54, 1.807) is 20.0 Å². The summed E-state index contributed by atoms with van der Waals surface area (Å²) in [6.07, 6.45) is 3.22. The minimum atomic E-state index is -0.935. The molecule has 0 fully saturated rings. The molecule has 0 aliphatic carbocycles. The average Bonchev–Trinajstić information content (AvgIpc) is 2.75. The van der Waals surface area contributed by atoms with E-state index in [-0.39, 0.29) is 0 Å². The van der Waals surface area contributed by atoms with Crippen molar-refractivity contribution in [3.05, 3.63) is 47.4 Å². The van der Waals surface area contributed by atoms with Crippen LogP contribution < -0.4 is 0 Å². The van der Waals surface area contributed by atoms with Gasteiger partial charge in [-0.1, -0.05) is 19.9 Å². The normalized spacial score (nSPS) is 12.1. The first kappa shape index (κ1) is 14.7. The highest BCUT2D eigenvalue weighted by Gasteiger charge is 2.18. The summed E-state index contributed by atoms with van der Waals surface area (Å²) in [5.74, 6) is 2.13. The predicted molar refractivity (Wildman–Crippen MR) is 77.3 cm³/mol. The van der Waals surface area contributed by atoms with E-state index in [1.807, 2.05) is 18.2 Å². The Morgan fingerprint density at radius 1 is 1.30 bits per heavy atom. The molecule has 0 spiro atoms. The van der Waals surface area contributed by atoms with Crippen molar-refractivity contribution in [3.8, 4) is 0 Å². The molecule has 0 aliphatic rings. The lowest BCUT2D eigenvalue weighted by atomic mass is 10.0. The lowest BCUT2D eigenvalue weighted by Crippen LogP contribution is -2.18. The Kier molecular flexibility index (Phi) is 4.23. The number of pyridine rings is 1. The van der Waals surface area contributed by atoms with Crippen LogP contribution in [0.15, 0.2) is 28.8 Å². The van der Waals surface area contributed by atoms with Gasteiger partial charge in [-0.2, -0.15) is 0 Å². The molecule has 1 N–H and O–H groups in total. The first-order valence-corrected chi connectivity index (χ1v) is 6.97. The van der Waals surface area contributed by atoms with Crippen LogP contribution in [-0.4, -0.2) is 15.1 Å². The molecule has 0 saturated carbocycles. The van der Waals surface area contributed by atoms with Gasteiger partial charge in [-0.15, -0.1) is 0 Å². The summed E-state index contributed by atoms with van der Waals surface area (Å²) in [4.78, 5) is 8.75. The van der Waals surface area contributed by atoms with E-state index in [4.69, 9.17) is 4.42 Å². The fourth-order valence-electron chi connectivity index (χ4n) is 2.00. The molecule has 108 valence electrons. The van der Waals surface area contributed by atoms with Crippen LogP contribution in [0, 0.1) is 5.92 Å². The van der Waals surface area contributed by atoms with Gasteiger partial charge in [0.25, 0.3) is 0 Å². The maximum Gasteiger partial charge on any atom is 0.200 e. The molecule has 20 heavy (non-hydrogen) atoms. The monoisotopic (exact) mass is 274 g/mol. The molecule has 0 aromatic carbocycles. The Balaban J connectivity index is 2.12. The number of nitrogens with zero attached hydrogens (tertiary/aromatic N) is 2. The van der Waals surface area contributed by atoms with Gasteiger partial charge < -0.3 is 9.52 Å². The summed E-state index contributed by atoms with van der Waals surface area (Å²) < 4.78 is 5.71. The highest BCUT2D eigenvalue weighted by molar-refractivity contribution is 5.18. The van der Waals surface area contributed by atoms with E-state index >= 15 is 0 Å². The quantitative estimate of drug-likeness (QED) is 0.910. The molecule has 2 aromatic rings. The van der Waals surface area contributed by atoms with Crippen molar-refractivity contribution in [1.29, 1.82) is 0 Å². The van der Waals surface area contributed by atoms with E-state index < -0.39 is 5.60 Å². The zero-order valence-electron chi connectivity index (χ0n) is 12.6. The lowest BCUT2D eigenvalue weighted by molar-refractivity contribution is 0.0736. The predicted octanol–water partition coefficient (Wildman–Crippen LogP) is 3.09. The third-order valence-electron chi connectivity index (χ3n) is 2.98. The van der Waals surface area contributed by atoms with Crippen molar-refractivity contribution in [2.45, 2.75) is 46.1 Å². The van der Waals surface area contributed by atoms with Gasteiger partial charge in [-0.3, -0.25) is 4.98 Å². The van der Waals surface area contributed by atoms with Crippen molar-refractivity contribution in [1.82, 2.24) is 9.97 Å².